The Hall–Kier alpha value is -3.79. The number of ether oxygens (including phenoxy) is 1. The van der Waals surface area contributed by atoms with Crippen LogP contribution in [-0.2, 0) is 16.8 Å². The second-order valence-electron chi connectivity index (χ2n) is 7.72. The molecule has 1 aromatic carbocycles. The van der Waals surface area contributed by atoms with E-state index < -0.39 is 11.0 Å². The lowest BCUT2D eigenvalue weighted by Crippen LogP contribution is -2.51. The van der Waals surface area contributed by atoms with E-state index in [2.05, 4.69) is 12.6 Å². The molecule has 1 amide bonds. The molecule has 0 saturated heterocycles. The minimum Gasteiger partial charge on any atom is -0.440 e. The van der Waals surface area contributed by atoms with Crippen molar-refractivity contribution in [3.8, 4) is 11.8 Å². The first-order chi connectivity index (χ1) is 14.3. The summed E-state index contributed by atoms with van der Waals surface area (Å²) in [7, 11) is 0. The van der Waals surface area contributed by atoms with Gasteiger partial charge in [-0.3, -0.25) is 9.59 Å². The molecular weight excluding hydrogens is 380 g/mol. The number of para-hydroxylation sites is 1. The number of allylic oxidation sites excluding steroid dienone is 1. The van der Waals surface area contributed by atoms with Crippen LogP contribution in [0.1, 0.15) is 30.7 Å². The molecule has 0 aliphatic carbocycles. The molecule has 7 heteroatoms. The fourth-order valence-corrected chi connectivity index (χ4v) is 4.54. The molecule has 0 saturated carbocycles. The van der Waals surface area contributed by atoms with Crippen LogP contribution in [0.25, 0.3) is 0 Å². The first-order valence-electron chi connectivity index (χ1n) is 9.67. The van der Waals surface area contributed by atoms with Crippen molar-refractivity contribution in [2.75, 3.05) is 4.90 Å². The second kappa shape index (κ2) is 6.63. The average molecular weight is 402 g/mol. The summed E-state index contributed by atoms with van der Waals surface area (Å²) in [6, 6.07) is 10.8. The molecule has 0 bridgehead atoms. The molecule has 1 atom stereocenters. The summed E-state index contributed by atoms with van der Waals surface area (Å²) in [5, 5.41) is 10.0. The molecule has 1 spiro atoms. The number of hydrogen-bond donors (Lipinski definition) is 1. The first kappa shape index (κ1) is 19.5. The lowest BCUT2D eigenvalue weighted by molar-refractivity contribution is -0.121. The van der Waals surface area contributed by atoms with Gasteiger partial charge in [-0.25, -0.2) is 0 Å². The molecule has 2 N–H and O–H groups in total. The number of hydrogen-bond acceptors (Lipinski definition) is 5. The summed E-state index contributed by atoms with van der Waals surface area (Å²) in [6.45, 7) is 9.53. The lowest BCUT2D eigenvalue weighted by Gasteiger charge is -2.35. The van der Waals surface area contributed by atoms with Crippen LogP contribution >= 0.6 is 0 Å². The van der Waals surface area contributed by atoms with E-state index in [4.69, 9.17) is 10.5 Å². The number of carbonyl (C=O) groups is 1. The molecule has 30 heavy (non-hydrogen) atoms. The smallest absolute Gasteiger partial charge is 0.259 e. The molecule has 1 aromatic heterocycles. The number of fused-ring (bicyclic) bond motifs is 4. The van der Waals surface area contributed by atoms with Gasteiger partial charge in [0.2, 0.25) is 11.8 Å². The number of nitrogens with two attached hydrogens (primary N) is 1. The third-order valence-electron chi connectivity index (χ3n) is 5.73. The number of rotatable bonds is 3. The van der Waals surface area contributed by atoms with Gasteiger partial charge < -0.3 is 19.9 Å². The van der Waals surface area contributed by atoms with E-state index in [0.717, 1.165) is 0 Å². The first-order valence-corrected chi connectivity index (χ1v) is 9.67. The highest BCUT2D eigenvalue weighted by molar-refractivity contribution is 6.14. The van der Waals surface area contributed by atoms with Crippen molar-refractivity contribution in [3.63, 3.8) is 0 Å². The topological polar surface area (TPSA) is 101 Å². The van der Waals surface area contributed by atoms with Crippen LogP contribution in [0.2, 0.25) is 0 Å². The maximum absolute atomic E-state index is 14.0. The molecule has 4 rings (SSSR count). The zero-order valence-electron chi connectivity index (χ0n) is 17.1. The fraction of sp³-hybridized carbons (Fsp3) is 0.261. The lowest BCUT2D eigenvalue weighted by atomic mass is 9.69. The quantitative estimate of drug-likeness (QED) is 0.795. The summed E-state index contributed by atoms with van der Waals surface area (Å²) < 4.78 is 7.22. The maximum Gasteiger partial charge on any atom is 0.259 e. The number of amides is 1. The summed E-state index contributed by atoms with van der Waals surface area (Å²) in [6.07, 6.45) is 1.61. The van der Waals surface area contributed by atoms with E-state index in [0.29, 0.717) is 16.9 Å². The Balaban J connectivity index is 2.22. The molecule has 7 nitrogen and oxygen atoms in total. The number of aryl methyl sites for hydroxylation is 1. The van der Waals surface area contributed by atoms with Gasteiger partial charge in [0.15, 0.2) is 5.41 Å². The van der Waals surface area contributed by atoms with Crippen LogP contribution in [0, 0.1) is 18.3 Å². The third kappa shape index (κ3) is 2.25. The third-order valence-corrected chi connectivity index (χ3v) is 5.73. The fourth-order valence-electron chi connectivity index (χ4n) is 4.54. The standard InChI is InChI=1S/C23H22N4O3/c1-5-10-26-14(4)11-18-19(21(26)28)23(16(12-24)20(25)30-18)15-8-6-7-9-17(15)27(13(2)3)22(23)29/h5-9,11,13H,1,10,25H2,2-4H3. The van der Waals surface area contributed by atoms with Gasteiger partial charge in [0.05, 0.1) is 5.56 Å². The minimum absolute atomic E-state index is 0.0679. The molecular formula is C23H22N4O3. The Kier molecular flexibility index (Phi) is 4.31. The zero-order valence-corrected chi connectivity index (χ0v) is 17.1. The van der Waals surface area contributed by atoms with Crippen LogP contribution in [-0.4, -0.2) is 16.5 Å². The van der Waals surface area contributed by atoms with E-state index in [1.54, 1.807) is 36.1 Å². The highest BCUT2D eigenvalue weighted by Gasteiger charge is 2.61. The SMILES string of the molecule is C=CCn1c(C)cc2c(c1=O)C1(C(=O)N(C(C)C)c3ccccc31)C(C#N)=C(N)O2. The zero-order chi connectivity index (χ0) is 21.8. The van der Waals surface area contributed by atoms with Crippen molar-refractivity contribution >= 4 is 11.6 Å². The number of anilines is 1. The van der Waals surface area contributed by atoms with Gasteiger partial charge in [0.1, 0.15) is 17.4 Å². The van der Waals surface area contributed by atoms with E-state index >= 15 is 0 Å². The molecule has 2 aliphatic heterocycles. The van der Waals surface area contributed by atoms with E-state index in [9.17, 15) is 14.9 Å². The average Bonchev–Trinajstić information content (AvgIpc) is 2.94. The van der Waals surface area contributed by atoms with Crippen molar-refractivity contribution in [2.45, 2.75) is 38.8 Å². The van der Waals surface area contributed by atoms with Crippen LogP contribution in [0.3, 0.4) is 0 Å². The Bertz CT molecular complexity index is 1230. The molecule has 0 radical (unpaired) electrons. The Morgan fingerprint density at radius 1 is 1.33 bits per heavy atom. The van der Waals surface area contributed by atoms with Gasteiger partial charge in [-0.2, -0.15) is 5.26 Å². The van der Waals surface area contributed by atoms with Crippen LogP contribution < -0.4 is 20.9 Å². The van der Waals surface area contributed by atoms with Gasteiger partial charge >= 0.3 is 0 Å². The highest BCUT2D eigenvalue weighted by Crippen LogP contribution is 2.54. The molecule has 0 fully saturated rings. The van der Waals surface area contributed by atoms with Crippen LogP contribution in [0.5, 0.6) is 5.75 Å². The largest absolute Gasteiger partial charge is 0.440 e. The second-order valence-corrected chi connectivity index (χ2v) is 7.72. The summed E-state index contributed by atoms with van der Waals surface area (Å²) in [5.41, 5.74) is 5.97. The summed E-state index contributed by atoms with van der Waals surface area (Å²) >= 11 is 0. The molecule has 1 unspecified atom stereocenters. The molecule has 2 aliphatic rings. The van der Waals surface area contributed by atoms with Gasteiger partial charge in [0.25, 0.3) is 5.56 Å². The molecule has 152 valence electrons. The number of nitrogens with zero attached hydrogens (tertiary/aromatic N) is 3. The van der Waals surface area contributed by atoms with Gasteiger partial charge in [-0.05, 0) is 26.8 Å². The van der Waals surface area contributed by atoms with Gasteiger partial charge in [-0.15, -0.1) is 6.58 Å². The van der Waals surface area contributed by atoms with Crippen molar-refractivity contribution < 1.29 is 9.53 Å². The van der Waals surface area contributed by atoms with E-state index in [1.807, 2.05) is 26.0 Å². The van der Waals surface area contributed by atoms with Gasteiger partial charge in [0, 0.05) is 35.6 Å². The Labute approximate surface area is 174 Å². The number of pyridine rings is 1. The van der Waals surface area contributed by atoms with Crippen molar-refractivity contribution in [1.29, 1.82) is 5.26 Å². The number of nitriles is 1. The highest BCUT2D eigenvalue weighted by atomic mass is 16.5. The Morgan fingerprint density at radius 3 is 2.67 bits per heavy atom. The summed E-state index contributed by atoms with van der Waals surface area (Å²) in [5.74, 6) is -0.351. The molecule has 2 aromatic rings. The van der Waals surface area contributed by atoms with Crippen LogP contribution in [0.15, 0.2) is 59.2 Å². The van der Waals surface area contributed by atoms with Crippen molar-refractivity contribution in [2.24, 2.45) is 5.73 Å². The number of benzene rings is 1. The normalized spacial score (nSPS) is 19.6. The summed E-state index contributed by atoms with van der Waals surface area (Å²) in [4.78, 5) is 29.3. The van der Waals surface area contributed by atoms with Crippen molar-refractivity contribution in [1.82, 2.24) is 4.57 Å². The minimum atomic E-state index is -1.65. The number of carbonyl (C=O) groups excluding carboxylic acids is 1. The maximum atomic E-state index is 14.0. The van der Waals surface area contributed by atoms with Crippen LogP contribution in [0.4, 0.5) is 5.69 Å². The Morgan fingerprint density at radius 2 is 2.03 bits per heavy atom. The predicted octanol–water partition coefficient (Wildman–Crippen LogP) is 2.47. The monoisotopic (exact) mass is 402 g/mol. The molecule has 3 heterocycles. The van der Waals surface area contributed by atoms with Gasteiger partial charge in [-0.1, -0.05) is 24.3 Å². The van der Waals surface area contributed by atoms with E-state index in [1.165, 1.54) is 4.57 Å². The van der Waals surface area contributed by atoms with E-state index in [-0.39, 0.29) is 41.3 Å². The van der Waals surface area contributed by atoms with Crippen molar-refractivity contribution in [3.05, 3.63) is 81.6 Å². The number of aromatic nitrogens is 1. The predicted molar refractivity (Wildman–Crippen MR) is 113 cm³/mol.